The largest absolute Gasteiger partial charge is 0.455 e. The molecule has 0 spiro atoms. The van der Waals surface area contributed by atoms with Gasteiger partial charge in [-0.2, -0.15) is 0 Å². The second-order valence-corrected chi connectivity index (χ2v) is 7.16. The van der Waals surface area contributed by atoms with Crippen LogP contribution in [0.15, 0.2) is 84.9 Å². The fraction of sp³-hybridized carbons (Fsp3) is 0.125. The van der Waals surface area contributed by atoms with Gasteiger partial charge in [0.05, 0.1) is 12.5 Å². The minimum absolute atomic E-state index is 0.118. The molecule has 0 saturated carbocycles. The molecule has 0 aliphatic carbocycles. The summed E-state index contributed by atoms with van der Waals surface area (Å²) in [6.45, 7) is -0.445. The molecule has 6 nitrogen and oxygen atoms in total. The SMILES string of the molecule is O=C(COC(=O)CC(NC(=O)c1ccccc1)c1ccccc1)Nc1cccc(Cl)c1. The Kier molecular flexibility index (Phi) is 7.79. The number of anilines is 1. The Morgan fingerprint density at radius 2 is 1.55 bits per heavy atom. The number of halogens is 1. The molecule has 1 unspecified atom stereocenters. The smallest absolute Gasteiger partial charge is 0.308 e. The maximum atomic E-state index is 12.6. The van der Waals surface area contributed by atoms with E-state index in [1.807, 2.05) is 36.4 Å². The highest BCUT2D eigenvalue weighted by Gasteiger charge is 2.20. The van der Waals surface area contributed by atoms with Gasteiger partial charge < -0.3 is 15.4 Å². The fourth-order valence-electron chi connectivity index (χ4n) is 2.90. The second kappa shape index (κ2) is 10.9. The van der Waals surface area contributed by atoms with Gasteiger partial charge in [-0.25, -0.2) is 0 Å². The van der Waals surface area contributed by atoms with Gasteiger partial charge in [0.15, 0.2) is 6.61 Å². The minimum Gasteiger partial charge on any atom is -0.455 e. The first kappa shape index (κ1) is 22.1. The molecule has 0 fully saturated rings. The average Bonchev–Trinajstić information content (AvgIpc) is 2.78. The normalized spacial score (nSPS) is 11.3. The van der Waals surface area contributed by atoms with Crippen LogP contribution in [-0.2, 0) is 14.3 Å². The number of hydrogen-bond acceptors (Lipinski definition) is 4. The molecule has 0 heterocycles. The van der Waals surface area contributed by atoms with Crippen LogP contribution in [0.25, 0.3) is 0 Å². The zero-order chi connectivity index (χ0) is 22.1. The average molecular weight is 437 g/mol. The van der Waals surface area contributed by atoms with Crippen LogP contribution in [0.2, 0.25) is 5.02 Å². The number of ether oxygens (including phenoxy) is 1. The Morgan fingerprint density at radius 3 is 2.23 bits per heavy atom. The summed E-state index contributed by atoms with van der Waals surface area (Å²) in [6, 6.07) is 23.9. The van der Waals surface area contributed by atoms with Crippen molar-refractivity contribution < 1.29 is 19.1 Å². The summed E-state index contributed by atoms with van der Waals surface area (Å²) in [5.74, 6) is -1.40. The molecule has 31 heavy (non-hydrogen) atoms. The summed E-state index contributed by atoms with van der Waals surface area (Å²) in [4.78, 5) is 37.0. The van der Waals surface area contributed by atoms with Crippen molar-refractivity contribution in [3.63, 3.8) is 0 Å². The van der Waals surface area contributed by atoms with Crippen LogP contribution in [0.4, 0.5) is 5.69 Å². The highest BCUT2D eigenvalue weighted by Crippen LogP contribution is 2.19. The lowest BCUT2D eigenvalue weighted by molar-refractivity contribution is -0.147. The summed E-state index contributed by atoms with van der Waals surface area (Å²) in [6.07, 6.45) is -0.118. The van der Waals surface area contributed by atoms with Crippen molar-refractivity contribution in [1.82, 2.24) is 5.32 Å². The first-order valence-electron chi connectivity index (χ1n) is 9.63. The summed E-state index contributed by atoms with van der Waals surface area (Å²) in [7, 11) is 0. The van der Waals surface area contributed by atoms with Crippen molar-refractivity contribution in [3.8, 4) is 0 Å². The third-order valence-electron chi connectivity index (χ3n) is 4.39. The van der Waals surface area contributed by atoms with Crippen molar-refractivity contribution >= 4 is 35.1 Å². The summed E-state index contributed by atoms with van der Waals surface area (Å²) in [5, 5.41) is 5.95. The zero-order valence-electron chi connectivity index (χ0n) is 16.6. The van der Waals surface area contributed by atoms with Crippen LogP contribution in [0.5, 0.6) is 0 Å². The number of amides is 2. The Bertz CT molecular complexity index is 1040. The number of rotatable bonds is 8. The molecule has 3 aromatic rings. The predicted molar refractivity (Wildman–Crippen MR) is 119 cm³/mol. The van der Waals surface area contributed by atoms with Gasteiger partial charge in [0.1, 0.15) is 0 Å². The van der Waals surface area contributed by atoms with E-state index in [1.54, 1.807) is 48.5 Å². The van der Waals surface area contributed by atoms with Gasteiger partial charge >= 0.3 is 5.97 Å². The van der Waals surface area contributed by atoms with Crippen LogP contribution in [-0.4, -0.2) is 24.4 Å². The monoisotopic (exact) mass is 436 g/mol. The van der Waals surface area contributed by atoms with E-state index in [-0.39, 0.29) is 12.3 Å². The number of nitrogens with one attached hydrogen (secondary N) is 2. The van der Waals surface area contributed by atoms with Crippen LogP contribution < -0.4 is 10.6 Å². The predicted octanol–water partition coefficient (Wildman–Crippen LogP) is 4.38. The van der Waals surface area contributed by atoms with Gasteiger partial charge in [-0.1, -0.05) is 66.2 Å². The van der Waals surface area contributed by atoms with E-state index in [0.29, 0.717) is 16.3 Å². The summed E-state index contributed by atoms with van der Waals surface area (Å²) < 4.78 is 5.11. The molecule has 0 aliphatic heterocycles. The van der Waals surface area contributed by atoms with Crippen molar-refractivity contribution in [2.24, 2.45) is 0 Å². The lowest BCUT2D eigenvalue weighted by atomic mass is 10.0. The van der Waals surface area contributed by atoms with Gasteiger partial charge in [0.2, 0.25) is 0 Å². The molecule has 0 radical (unpaired) electrons. The molecular weight excluding hydrogens is 416 g/mol. The zero-order valence-corrected chi connectivity index (χ0v) is 17.3. The van der Waals surface area contributed by atoms with Gasteiger partial charge in [-0.15, -0.1) is 0 Å². The minimum atomic E-state index is -0.608. The first-order chi connectivity index (χ1) is 15.0. The number of hydrogen-bond donors (Lipinski definition) is 2. The topological polar surface area (TPSA) is 84.5 Å². The number of carbonyl (C=O) groups excluding carboxylic acids is 3. The molecule has 3 rings (SSSR count). The van der Waals surface area contributed by atoms with E-state index in [2.05, 4.69) is 10.6 Å². The van der Waals surface area contributed by atoms with Crippen LogP contribution in [0, 0.1) is 0 Å². The maximum absolute atomic E-state index is 12.6. The van der Waals surface area contributed by atoms with Gasteiger partial charge in [-0.3, -0.25) is 14.4 Å². The molecule has 7 heteroatoms. The van der Waals surface area contributed by atoms with Crippen LogP contribution in [0.1, 0.15) is 28.4 Å². The molecule has 0 saturated heterocycles. The molecule has 0 aliphatic rings. The highest BCUT2D eigenvalue weighted by atomic mass is 35.5. The quantitative estimate of drug-likeness (QED) is 0.513. The van der Waals surface area contributed by atoms with Crippen LogP contribution in [0.3, 0.4) is 0 Å². The summed E-state index contributed by atoms with van der Waals surface area (Å²) >= 11 is 5.89. The van der Waals surface area contributed by atoms with Crippen molar-refractivity contribution in [2.75, 3.05) is 11.9 Å². The molecule has 2 N–H and O–H groups in total. The Morgan fingerprint density at radius 1 is 0.871 bits per heavy atom. The lowest BCUT2D eigenvalue weighted by Crippen LogP contribution is -2.31. The fourth-order valence-corrected chi connectivity index (χ4v) is 3.09. The van der Waals surface area contributed by atoms with Crippen molar-refractivity contribution in [3.05, 3.63) is 101 Å². The van der Waals surface area contributed by atoms with Gasteiger partial charge in [0, 0.05) is 16.3 Å². The lowest BCUT2D eigenvalue weighted by Gasteiger charge is -2.19. The van der Waals surface area contributed by atoms with E-state index in [1.165, 1.54) is 0 Å². The van der Waals surface area contributed by atoms with Gasteiger partial charge in [0.25, 0.3) is 11.8 Å². The maximum Gasteiger partial charge on any atom is 0.308 e. The van der Waals surface area contributed by atoms with E-state index >= 15 is 0 Å². The van der Waals surface area contributed by atoms with Crippen LogP contribution >= 0.6 is 11.6 Å². The molecular formula is C24H21ClN2O4. The molecule has 158 valence electrons. The van der Waals surface area contributed by atoms with Crippen molar-refractivity contribution in [1.29, 1.82) is 0 Å². The summed E-state index contributed by atoms with van der Waals surface area (Å²) in [5.41, 5.74) is 1.75. The number of carbonyl (C=O) groups is 3. The van der Waals surface area contributed by atoms with E-state index in [0.717, 1.165) is 5.56 Å². The van der Waals surface area contributed by atoms with E-state index < -0.39 is 24.5 Å². The highest BCUT2D eigenvalue weighted by molar-refractivity contribution is 6.30. The Hall–Kier alpha value is -3.64. The van der Waals surface area contributed by atoms with E-state index in [9.17, 15) is 14.4 Å². The third kappa shape index (κ3) is 6.97. The second-order valence-electron chi connectivity index (χ2n) is 6.73. The van der Waals surface area contributed by atoms with Crippen molar-refractivity contribution in [2.45, 2.75) is 12.5 Å². The number of benzene rings is 3. The van der Waals surface area contributed by atoms with E-state index in [4.69, 9.17) is 16.3 Å². The standard InChI is InChI=1S/C24H21ClN2O4/c25-19-12-7-13-20(14-19)26-22(28)16-31-23(29)15-21(17-8-3-1-4-9-17)27-24(30)18-10-5-2-6-11-18/h1-14,21H,15-16H2,(H,26,28)(H,27,30). The molecule has 0 bridgehead atoms. The molecule has 0 aromatic heterocycles. The first-order valence-corrected chi connectivity index (χ1v) is 10.0. The third-order valence-corrected chi connectivity index (χ3v) is 4.62. The molecule has 1 atom stereocenters. The Labute approximate surface area is 185 Å². The number of esters is 1. The molecule has 2 amide bonds. The van der Waals surface area contributed by atoms with Gasteiger partial charge in [-0.05, 0) is 35.9 Å². The molecule has 3 aromatic carbocycles. The Balaban J connectivity index is 1.59.